The fourth-order valence-corrected chi connectivity index (χ4v) is 2.72. The van der Waals surface area contributed by atoms with Crippen LogP contribution in [0.25, 0.3) is 0 Å². The second-order valence-electron chi connectivity index (χ2n) is 4.91. The van der Waals surface area contributed by atoms with Gasteiger partial charge in [0.2, 0.25) is 0 Å². The van der Waals surface area contributed by atoms with Crippen LogP contribution in [0.2, 0.25) is 0 Å². The number of aryl methyl sites for hydroxylation is 1. The molecule has 0 radical (unpaired) electrons. The minimum Gasteiger partial charge on any atom is -0.372 e. The molecule has 1 aromatic rings. The summed E-state index contributed by atoms with van der Waals surface area (Å²) in [6.45, 7) is 8.30. The number of nitrogens with zero attached hydrogens (tertiary/aromatic N) is 1. The van der Waals surface area contributed by atoms with Crippen molar-refractivity contribution in [2.45, 2.75) is 38.9 Å². The second kappa shape index (κ2) is 5.28. The number of rotatable bonds is 2. The lowest BCUT2D eigenvalue weighted by Gasteiger charge is -2.37. The Balaban J connectivity index is 2.19. The van der Waals surface area contributed by atoms with E-state index in [0.717, 1.165) is 13.1 Å². The molecule has 0 aromatic heterocycles. The number of hydrogen-bond acceptors (Lipinski definition) is 2. The molecule has 1 fully saturated rings. The maximum absolute atomic E-state index is 5.88. The molecular weight excluding hydrogens is 234 g/mol. The van der Waals surface area contributed by atoms with Crippen LogP contribution in [0.4, 0.5) is 5.69 Å². The Bertz CT molecular complexity index is 384. The van der Waals surface area contributed by atoms with Gasteiger partial charge in [-0.05, 0) is 44.0 Å². The molecule has 2 unspecified atom stereocenters. The fourth-order valence-electron chi connectivity index (χ4n) is 2.42. The van der Waals surface area contributed by atoms with Gasteiger partial charge in [-0.3, -0.25) is 0 Å². The van der Waals surface area contributed by atoms with Crippen molar-refractivity contribution in [1.82, 2.24) is 0 Å². The molecule has 3 heteroatoms. The van der Waals surface area contributed by atoms with Gasteiger partial charge in [-0.1, -0.05) is 6.07 Å². The maximum atomic E-state index is 5.88. The zero-order valence-electron chi connectivity index (χ0n) is 10.7. The SMILES string of the molecule is Cc1cc(N2CC(C)OC(C)C2)ccc1CCl. The van der Waals surface area contributed by atoms with Crippen molar-refractivity contribution in [3.8, 4) is 0 Å². The van der Waals surface area contributed by atoms with Gasteiger partial charge in [0, 0.05) is 24.7 Å². The van der Waals surface area contributed by atoms with E-state index in [0.29, 0.717) is 18.1 Å². The van der Waals surface area contributed by atoms with Gasteiger partial charge in [-0.2, -0.15) is 0 Å². The van der Waals surface area contributed by atoms with Gasteiger partial charge in [-0.15, -0.1) is 11.6 Å². The van der Waals surface area contributed by atoms with Crippen LogP contribution in [0, 0.1) is 6.92 Å². The highest BCUT2D eigenvalue weighted by Crippen LogP contribution is 2.23. The third-order valence-electron chi connectivity index (χ3n) is 3.25. The van der Waals surface area contributed by atoms with Gasteiger partial charge in [0.15, 0.2) is 0 Å². The summed E-state index contributed by atoms with van der Waals surface area (Å²) in [4.78, 5) is 2.39. The predicted molar refractivity (Wildman–Crippen MR) is 73.0 cm³/mol. The van der Waals surface area contributed by atoms with E-state index in [1.54, 1.807) is 0 Å². The van der Waals surface area contributed by atoms with Crippen molar-refractivity contribution in [1.29, 1.82) is 0 Å². The van der Waals surface area contributed by atoms with Crippen LogP contribution in [0.3, 0.4) is 0 Å². The molecule has 2 rings (SSSR count). The monoisotopic (exact) mass is 253 g/mol. The molecule has 1 heterocycles. The second-order valence-corrected chi connectivity index (χ2v) is 5.17. The highest BCUT2D eigenvalue weighted by atomic mass is 35.5. The van der Waals surface area contributed by atoms with Gasteiger partial charge < -0.3 is 9.64 Å². The Kier molecular flexibility index (Phi) is 3.95. The lowest BCUT2D eigenvalue weighted by Crippen LogP contribution is -2.45. The highest BCUT2D eigenvalue weighted by Gasteiger charge is 2.22. The Labute approximate surface area is 109 Å². The van der Waals surface area contributed by atoms with E-state index in [-0.39, 0.29) is 0 Å². The molecule has 0 amide bonds. The minimum atomic E-state index is 0.298. The minimum absolute atomic E-state index is 0.298. The highest BCUT2D eigenvalue weighted by molar-refractivity contribution is 6.17. The van der Waals surface area contributed by atoms with Crippen LogP contribution in [-0.2, 0) is 10.6 Å². The summed E-state index contributed by atoms with van der Waals surface area (Å²) in [5.41, 5.74) is 3.76. The van der Waals surface area contributed by atoms with E-state index in [1.165, 1.54) is 16.8 Å². The molecule has 0 aliphatic carbocycles. The number of halogens is 1. The Morgan fingerprint density at radius 1 is 1.29 bits per heavy atom. The van der Waals surface area contributed by atoms with Crippen molar-refractivity contribution >= 4 is 17.3 Å². The molecule has 0 N–H and O–H groups in total. The summed E-state index contributed by atoms with van der Waals surface area (Å²) in [6, 6.07) is 6.51. The number of morpholine rings is 1. The first-order chi connectivity index (χ1) is 8.10. The Morgan fingerprint density at radius 3 is 2.47 bits per heavy atom. The number of alkyl halides is 1. The van der Waals surface area contributed by atoms with Crippen LogP contribution in [-0.4, -0.2) is 25.3 Å². The average Bonchev–Trinajstić information content (AvgIpc) is 2.27. The van der Waals surface area contributed by atoms with Crippen molar-refractivity contribution in [3.05, 3.63) is 29.3 Å². The topological polar surface area (TPSA) is 12.5 Å². The molecular formula is C14H20ClNO. The molecule has 2 nitrogen and oxygen atoms in total. The van der Waals surface area contributed by atoms with Gasteiger partial charge in [0.1, 0.15) is 0 Å². The number of anilines is 1. The normalized spacial score (nSPS) is 25.1. The lowest BCUT2D eigenvalue weighted by molar-refractivity contribution is -0.00522. The number of ether oxygens (including phenoxy) is 1. The van der Waals surface area contributed by atoms with E-state index in [9.17, 15) is 0 Å². The summed E-state index contributed by atoms with van der Waals surface area (Å²) in [5.74, 6) is 0.585. The molecule has 0 saturated carbocycles. The standard InChI is InChI=1S/C14H20ClNO/c1-10-6-14(5-4-13(10)7-15)16-8-11(2)17-12(3)9-16/h4-6,11-12H,7-9H2,1-3H3. The summed E-state index contributed by atoms with van der Waals surface area (Å²) >= 11 is 5.88. The molecule has 1 saturated heterocycles. The summed E-state index contributed by atoms with van der Waals surface area (Å²) in [7, 11) is 0. The smallest absolute Gasteiger partial charge is 0.0726 e. The molecule has 0 bridgehead atoms. The van der Waals surface area contributed by atoms with Crippen LogP contribution in [0.1, 0.15) is 25.0 Å². The third kappa shape index (κ3) is 2.93. The Morgan fingerprint density at radius 2 is 1.94 bits per heavy atom. The largest absolute Gasteiger partial charge is 0.372 e. The van der Waals surface area contributed by atoms with Crippen LogP contribution in [0.5, 0.6) is 0 Å². The Hall–Kier alpha value is -0.730. The summed E-state index contributed by atoms with van der Waals surface area (Å²) in [5, 5.41) is 0. The molecule has 94 valence electrons. The van der Waals surface area contributed by atoms with Gasteiger partial charge >= 0.3 is 0 Å². The molecule has 1 aliphatic heterocycles. The van der Waals surface area contributed by atoms with Crippen LogP contribution in [0.15, 0.2) is 18.2 Å². The molecule has 17 heavy (non-hydrogen) atoms. The van der Waals surface area contributed by atoms with E-state index in [1.807, 2.05) is 0 Å². The first kappa shape index (κ1) is 12.7. The maximum Gasteiger partial charge on any atom is 0.0726 e. The third-order valence-corrected chi connectivity index (χ3v) is 3.54. The van der Waals surface area contributed by atoms with Crippen molar-refractivity contribution in [2.24, 2.45) is 0 Å². The summed E-state index contributed by atoms with van der Waals surface area (Å²) < 4.78 is 5.75. The zero-order valence-corrected chi connectivity index (χ0v) is 11.5. The molecule has 1 aliphatic rings. The van der Waals surface area contributed by atoms with Crippen molar-refractivity contribution < 1.29 is 4.74 Å². The summed E-state index contributed by atoms with van der Waals surface area (Å²) in [6.07, 6.45) is 0.596. The van der Waals surface area contributed by atoms with Crippen LogP contribution < -0.4 is 4.90 Å². The van der Waals surface area contributed by atoms with E-state index in [2.05, 4.69) is 43.9 Å². The number of hydrogen-bond donors (Lipinski definition) is 0. The van der Waals surface area contributed by atoms with Gasteiger partial charge in [0.25, 0.3) is 0 Å². The first-order valence-corrected chi connectivity index (χ1v) is 6.69. The van der Waals surface area contributed by atoms with E-state index < -0.39 is 0 Å². The zero-order chi connectivity index (χ0) is 12.4. The van der Waals surface area contributed by atoms with E-state index >= 15 is 0 Å². The van der Waals surface area contributed by atoms with Crippen molar-refractivity contribution in [3.63, 3.8) is 0 Å². The first-order valence-electron chi connectivity index (χ1n) is 6.16. The quantitative estimate of drug-likeness (QED) is 0.750. The fraction of sp³-hybridized carbons (Fsp3) is 0.571. The molecule has 2 atom stereocenters. The van der Waals surface area contributed by atoms with Crippen molar-refractivity contribution in [2.75, 3.05) is 18.0 Å². The lowest BCUT2D eigenvalue weighted by atomic mass is 10.1. The molecule has 0 spiro atoms. The average molecular weight is 254 g/mol. The number of benzene rings is 1. The van der Waals surface area contributed by atoms with Crippen LogP contribution >= 0.6 is 11.6 Å². The van der Waals surface area contributed by atoms with Gasteiger partial charge in [-0.25, -0.2) is 0 Å². The van der Waals surface area contributed by atoms with Gasteiger partial charge in [0.05, 0.1) is 12.2 Å². The van der Waals surface area contributed by atoms with E-state index in [4.69, 9.17) is 16.3 Å². The molecule has 1 aromatic carbocycles. The predicted octanol–water partition coefficient (Wildman–Crippen LogP) is 3.35.